The highest BCUT2D eigenvalue weighted by molar-refractivity contribution is 9.10. The molecule has 0 aromatic heterocycles. The minimum Gasteiger partial charge on any atom is -0.490 e. The second-order valence-corrected chi connectivity index (χ2v) is 9.47. The molecule has 33 heavy (non-hydrogen) atoms. The van der Waals surface area contributed by atoms with Gasteiger partial charge in [-0.25, -0.2) is 0 Å². The van der Waals surface area contributed by atoms with Gasteiger partial charge in [0.2, 0.25) is 0 Å². The maximum absolute atomic E-state index is 13.0. The van der Waals surface area contributed by atoms with Crippen molar-refractivity contribution in [3.8, 4) is 11.5 Å². The normalized spacial score (nSPS) is 25.7. The fourth-order valence-corrected chi connectivity index (χ4v) is 5.67. The van der Waals surface area contributed by atoms with Crippen LogP contribution in [-0.2, 0) is 16.2 Å². The number of carbonyl (C=O) groups is 2. The summed E-state index contributed by atoms with van der Waals surface area (Å²) in [6.45, 7) is 2.78. The first kappa shape index (κ1) is 21.9. The van der Waals surface area contributed by atoms with Gasteiger partial charge >= 0.3 is 0 Å². The molecule has 4 aliphatic rings. The molecule has 2 aromatic carbocycles. The lowest BCUT2D eigenvalue weighted by Crippen LogP contribution is -2.38. The van der Waals surface area contributed by atoms with Crippen LogP contribution in [0.25, 0.3) is 0 Å². The topological polar surface area (TPSA) is 68.2 Å². The van der Waals surface area contributed by atoms with Gasteiger partial charge in [-0.3, -0.25) is 9.59 Å². The molecule has 0 unspecified atom stereocenters. The van der Waals surface area contributed by atoms with E-state index in [-0.39, 0.29) is 35.5 Å². The highest BCUT2D eigenvalue weighted by Gasteiger charge is 2.56. The lowest BCUT2D eigenvalue weighted by Gasteiger charge is -2.37. The summed E-state index contributed by atoms with van der Waals surface area (Å²) in [5, 5.41) is 5.38. The van der Waals surface area contributed by atoms with Gasteiger partial charge in [-0.15, -0.1) is 0 Å². The van der Waals surface area contributed by atoms with Gasteiger partial charge in [-0.1, -0.05) is 42.5 Å². The van der Waals surface area contributed by atoms with Crippen molar-refractivity contribution in [1.82, 2.24) is 5.01 Å². The first-order chi connectivity index (χ1) is 16.1. The summed E-state index contributed by atoms with van der Waals surface area (Å²) in [5.74, 6) is 0.557. The Morgan fingerprint density at radius 3 is 2.30 bits per heavy atom. The fraction of sp³-hybridized carbons (Fsp3) is 0.346. The molecule has 0 N–H and O–H groups in total. The van der Waals surface area contributed by atoms with Gasteiger partial charge in [0.05, 0.1) is 29.1 Å². The average Bonchev–Trinajstić information content (AvgIpc) is 3.10. The zero-order chi connectivity index (χ0) is 22.9. The minimum atomic E-state index is -0.266. The van der Waals surface area contributed by atoms with Gasteiger partial charge in [-0.05, 0) is 70.8 Å². The molecule has 6 rings (SSSR count). The van der Waals surface area contributed by atoms with Crippen molar-refractivity contribution in [2.45, 2.75) is 26.4 Å². The quantitative estimate of drug-likeness (QED) is 0.301. The van der Waals surface area contributed by atoms with Crippen LogP contribution < -0.4 is 9.47 Å². The third-order valence-corrected chi connectivity index (χ3v) is 7.21. The number of benzene rings is 2. The molecule has 1 saturated carbocycles. The number of hydrogen-bond acceptors (Lipinski definition) is 5. The van der Waals surface area contributed by atoms with E-state index in [9.17, 15) is 9.59 Å². The molecular weight excluding hydrogens is 484 g/mol. The maximum Gasteiger partial charge on any atom is 0.254 e. The Morgan fingerprint density at radius 1 is 1.03 bits per heavy atom. The molecule has 1 aliphatic heterocycles. The standard InChI is InChI=1S/C26H25BrN2O4/c1-2-32-21-13-17(12-20(27)24(21)33-15-16-6-4-3-5-7-16)14-28-29-25(30)22-18-8-9-19(11-10-18)23(22)26(29)31/h3-9,12-14,18-19,22-23H,2,10-11,15H2,1H3/b28-14-/t18-,19-,22-,23+/m0/s1. The number of carbonyl (C=O) groups excluding carboxylic acids is 2. The molecule has 2 amide bonds. The number of fused-ring (bicyclic) bond motifs is 1. The predicted molar refractivity (Wildman–Crippen MR) is 128 cm³/mol. The number of allylic oxidation sites excluding steroid dienone is 2. The molecule has 1 heterocycles. The Bertz CT molecular complexity index is 1100. The van der Waals surface area contributed by atoms with E-state index in [2.05, 4.69) is 33.2 Å². The minimum absolute atomic E-state index is 0.149. The lowest BCUT2D eigenvalue weighted by atomic mass is 9.63. The van der Waals surface area contributed by atoms with Crippen molar-refractivity contribution >= 4 is 34.0 Å². The molecule has 170 valence electrons. The van der Waals surface area contributed by atoms with Gasteiger partial charge in [-0.2, -0.15) is 10.1 Å². The zero-order valence-electron chi connectivity index (χ0n) is 18.3. The highest BCUT2D eigenvalue weighted by Crippen LogP contribution is 2.49. The van der Waals surface area contributed by atoms with E-state index in [1.54, 1.807) is 6.07 Å². The molecule has 4 atom stereocenters. The van der Waals surface area contributed by atoms with Gasteiger partial charge in [0.25, 0.3) is 11.8 Å². The summed E-state index contributed by atoms with van der Waals surface area (Å²) in [5.41, 5.74) is 1.75. The van der Waals surface area contributed by atoms with Crippen LogP contribution in [0.2, 0.25) is 0 Å². The van der Waals surface area contributed by atoms with Crippen molar-refractivity contribution in [2.24, 2.45) is 28.8 Å². The molecular formula is C26H25BrN2O4. The first-order valence-electron chi connectivity index (χ1n) is 11.3. The SMILES string of the molecule is CCOc1cc(/C=N\N2C(=O)[C@@H]3[C@H](C2=O)[C@H]2C=C[C@H]3CC2)cc(Br)c1OCc1ccccc1. The largest absolute Gasteiger partial charge is 0.490 e. The monoisotopic (exact) mass is 508 g/mol. The van der Waals surface area contributed by atoms with Crippen LogP contribution in [0.5, 0.6) is 11.5 Å². The summed E-state index contributed by atoms with van der Waals surface area (Å²) in [4.78, 5) is 26.0. The molecule has 1 saturated heterocycles. The molecule has 7 heteroatoms. The van der Waals surface area contributed by atoms with Gasteiger partial charge < -0.3 is 9.47 Å². The number of nitrogens with zero attached hydrogens (tertiary/aromatic N) is 2. The Hall–Kier alpha value is -2.93. The summed E-state index contributed by atoms with van der Waals surface area (Å²) in [6.07, 6.45) is 7.68. The number of amides is 2. The van der Waals surface area contributed by atoms with Crippen LogP contribution in [0.1, 0.15) is 30.9 Å². The predicted octanol–water partition coefficient (Wildman–Crippen LogP) is 4.96. The van der Waals surface area contributed by atoms with Gasteiger partial charge in [0.1, 0.15) is 6.61 Å². The fourth-order valence-electron chi connectivity index (χ4n) is 5.09. The van der Waals surface area contributed by atoms with E-state index in [0.717, 1.165) is 23.4 Å². The van der Waals surface area contributed by atoms with Crippen LogP contribution in [0, 0.1) is 23.7 Å². The van der Waals surface area contributed by atoms with Crippen molar-refractivity contribution < 1.29 is 19.1 Å². The number of ether oxygens (including phenoxy) is 2. The number of rotatable bonds is 7. The number of imide groups is 1. The van der Waals surface area contributed by atoms with Crippen molar-refractivity contribution in [3.63, 3.8) is 0 Å². The molecule has 3 aliphatic carbocycles. The van der Waals surface area contributed by atoms with E-state index >= 15 is 0 Å². The Morgan fingerprint density at radius 2 is 1.70 bits per heavy atom. The number of hydrogen-bond donors (Lipinski definition) is 0. The van der Waals surface area contributed by atoms with Crippen LogP contribution in [-0.4, -0.2) is 29.6 Å². The van der Waals surface area contributed by atoms with E-state index < -0.39 is 0 Å². The van der Waals surface area contributed by atoms with E-state index in [4.69, 9.17) is 9.47 Å². The van der Waals surface area contributed by atoms with E-state index in [1.165, 1.54) is 6.21 Å². The van der Waals surface area contributed by atoms with Crippen LogP contribution in [0.3, 0.4) is 0 Å². The smallest absolute Gasteiger partial charge is 0.254 e. The summed E-state index contributed by atoms with van der Waals surface area (Å²) < 4.78 is 12.5. The van der Waals surface area contributed by atoms with Crippen molar-refractivity contribution in [2.75, 3.05) is 6.61 Å². The Balaban J connectivity index is 1.36. The summed E-state index contributed by atoms with van der Waals surface area (Å²) in [7, 11) is 0. The van der Waals surface area contributed by atoms with Crippen LogP contribution in [0.4, 0.5) is 0 Å². The Kier molecular flexibility index (Phi) is 6.06. The van der Waals surface area contributed by atoms with Crippen molar-refractivity contribution in [1.29, 1.82) is 0 Å². The molecule has 0 radical (unpaired) electrons. The van der Waals surface area contributed by atoms with E-state index in [0.29, 0.717) is 34.7 Å². The van der Waals surface area contributed by atoms with Gasteiger partial charge in [0.15, 0.2) is 11.5 Å². The van der Waals surface area contributed by atoms with E-state index in [1.807, 2.05) is 43.3 Å². The maximum atomic E-state index is 13.0. The molecule has 2 aromatic rings. The van der Waals surface area contributed by atoms with Crippen LogP contribution in [0.15, 0.2) is 64.2 Å². The summed E-state index contributed by atoms with van der Waals surface area (Å²) >= 11 is 3.57. The van der Waals surface area contributed by atoms with Gasteiger partial charge in [0, 0.05) is 0 Å². The second kappa shape index (κ2) is 9.14. The first-order valence-corrected chi connectivity index (χ1v) is 12.1. The molecule has 0 spiro atoms. The number of hydrazone groups is 1. The third kappa shape index (κ3) is 4.10. The Labute approximate surface area is 201 Å². The third-order valence-electron chi connectivity index (χ3n) is 6.62. The molecule has 6 nitrogen and oxygen atoms in total. The second-order valence-electron chi connectivity index (χ2n) is 8.61. The summed E-state index contributed by atoms with van der Waals surface area (Å²) in [6, 6.07) is 13.5. The average molecular weight is 509 g/mol. The van der Waals surface area contributed by atoms with Crippen molar-refractivity contribution in [3.05, 3.63) is 70.2 Å². The van der Waals surface area contributed by atoms with Crippen LogP contribution >= 0.6 is 15.9 Å². The molecule has 2 fully saturated rings. The number of halogens is 1. The highest BCUT2D eigenvalue weighted by atomic mass is 79.9. The molecule has 2 bridgehead atoms. The zero-order valence-corrected chi connectivity index (χ0v) is 19.9. The lowest BCUT2D eigenvalue weighted by molar-refractivity contribution is -0.140.